The summed E-state index contributed by atoms with van der Waals surface area (Å²) in [6.07, 6.45) is 1.85. The van der Waals surface area contributed by atoms with E-state index >= 15 is 0 Å². The maximum Gasteiger partial charge on any atom is 0.295 e. The zero-order chi connectivity index (χ0) is 15.2. The number of aryl methyl sites for hydroxylation is 1. The molecule has 2 aromatic rings. The van der Waals surface area contributed by atoms with E-state index in [2.05, 4.69) is 20.5 Å². The first-order valence-electron chi connectivity index (χ1n) is 7.08. The molecule has 1 heterocycles. The number of ether oxygens (including phenoxy) is 1. The number of carbonyl (C=O) groups excluding carboxylic acids is 1. The molecule has 0 saturated heterocycles. The van der Waals surface area contributed by atoms with Gasteiger partial charge in [0.05, 0.1) is 6.10 Å². The number of aromatic amines is 1. The van der Waals surface area contributed by atoms with Crippen molar-refractivity contribution in [2.24, 2.45) is 0 Å². The molecule has 0 spiro atoms. The summed E-state index contributed by atoms with van der Waals surface area (Å²) in [5.74, 6) is 1.32. The summed E-state index contributed by atoms with van der Waals surface area (Å²) in [7, 11) is 0. The van der Waals surface area contributed by atoms with Gasteiger partial charge in [-0.15, -0.1) is 5.10 Å². The minimum atomic E-state index is -0.328. The third-order valence-corrected chi connectivity index (χ3v) is 2.71. The minimum absolute atomic E-state index is 0.121. The number of anilines is 1. The van der Waals surface area contributed by atoms with E-state index in [9.17, 15) is 4.79 Å². The fourth-order valence-electron chi connectivity index (χ4n) is 1.82. The molecule has 2 rings (SSSR count). The third kappa shape index (κ3) is 4.30. The van der Waals surface area contributed by atoms with Crippen molar-refractivity contribution in [2.75, 3.05) is 5.32 Å². The van der Waals surface area contributed by atoms with Gasteiger partial charge >= 0.3 is 0 Å². The predicted molar refractivity (Wildman–Crippen MR) is 80.5 cm³/mol. The van der Waals surface area contributed by atoms with Gasteiger partial charge in [0.25, 0.3) is 5.91 Å². The smallest absolute Gasteiger partial charge is 0.295 e. The maximum atomic E-state index is 12.0. The van der Waals surface area contributed by atoms with Gasteiger partial charge in [-0.25, -0.2) is 4.98 Å². The largest absolute Gasteiger partial charge is 0.491 e. The number of carbonyl (C=O) groups is 1. The molecule has 1 amide bonds. The quantitative estimate of drug-likeness (QED) is 0.856. The number of H-pyrrole nitrogens is 1. The lowest BCUT2D eigenvalue weighted by Crippen LogP contribution is -2.14. The molecule has 0 radical (unpaired) electrons. The molecule has 0 aliphatic carbocycles. The van der Waals surface area contributed by atoms with E-state index in [1.165, 1.54) is 0 Å². The fourth-order valence-corrected chi connectivity index (χ4v) is 1.82. The first kappa shape index (κ1) is 15.0. The van der Waals surface area contributed by atoms with Crippen molar-refractivity contribution in [2.45, 2.75) is 39.7 Å². The second-order valence-corrected chi connectivity index (χ2v) is 5.00. The van der Waals surface area contributed by atoms with Crippen LogP contribution in [-0.2, 0) is 6.42 Å². The zero-order valence-corrected chi connectivity index (χ0v) is 12.5. The lowest BCUT2D eigenvalue weighted by atomic mass is 10.3. The van der Waals surface area contributed by atoms with Gasteiger partial charge in [-0.1, -0.05) is 6.92 Å². The van der Waals surface area contributed by atoms with Crippen molar-refractivity contribution in [3.8, 4) is 5.75 Å². The Morgan fingerprint density at radius 1 is 1.33 bits per heavy atom. The van der Waals surface area contributed by atoms with E-state index in [-0.39, 0.29) is 17.8 Å². The number of benzene rings is 1. The Hall–Kier alpha value is -2.37. The van der Waals surface area contributed by atoms with Gasteiger partial charge in [0.2, 0.25) is 5.82 Å². The Bertz CT molecular complexity index is 590. The van der Waals surface area contributed by atoms with Crippen molar-refractivity contribution in [1.29, 1.82) is 0 Å². The highest BCUT2D eigenvalue weighted by atomic mass is 16.5. The number of hydrogen-bond donors (Lipinski definition) is 2. The van der Waals surface area contributed by atoms with Crippen LogP contribution in [0.5, 0.6) is 5.75 Å². The molecule has 21 heavy (non-hydrogen) atoms. The first-order chi connectivity index (χ1) is 10.1. The molecule has 1 aromatic heterocycles. The van der Waals surface area contributed by atoms with Crippen LogP contribution in [0.3, 0.4) is 0 Å². The molecule has 112 valence electrons. The lowest BCUT2D eigenvalue weighted by Gasteiger charge is -2.10. The highest BCUT2D eigenvalue weighted by Gasteiger charge is 2.12. The molecule has 0 unspecified atom stereocenters. The number of nitrogens with zero attached hydrogens (tertiary/aromatic N) is 2. The van der Waals surface area contributed by atoms with Gasteiger partial charge in [0.1, 0.15) is 11.6 Å². The number of rotatable bonds is 6. The molecule has 0 saturated carbocycles. The highest BCUT2D eigenvalue weighted by Crippen LogP contribution is 2.17. The molecule has 6 heteroatoms. The van der Waals surface area contributed by atoms with Crippen molar-refractivity contribution >= 4 is 11.6 Å². The fraction of sp³-hybridized carbons (Fsp3) is 0.400. The monoisotopic (exact) mass is 288 g/mol. The van der Waals surface area contributed by atoms with Gasteiger partial charge in [-0.2, -0.15) is 0 Å². The van der Waals surface area contributed by atoms with Gasteiger partial charge in [0.15, 0.2) is 0 Å². The summed E-state index contributed by atoms with van der Waals surface area (Å²) in [5, 5.41) is 9.43. The number of nitrogens with one attached hydrogen (secondary N) is 2. The average Bonchev–Trinajstić information content (AvgIpc) is 2.89. The summed E-state index contributed by atoms with van der Waals surface area (Å²) < 4.78 is 5.55. The molecule has 1 aromatic carbocycles. The molecule has 0 bridgehead atoms. The van der Waals surface area contributed by atoms with Gasteiger partial charge in [0, 0.05) is 12.1 Å². The Morgan fingerprint density at radius 3 is 2.67 bits per heavy atom. The second kappa shape index (κ2) is 6.88. The summed E-state index contributed by atoms with van der Waals surface area (Å²) in [6, 6.07) is 7.21. The van der Waals surface area contributed by atoms with Crippen molar-refractivity contribution in [3.05, 3.63) is 35.9 Å². The predicted octanol–water partition coefficient (Wildman–Crippen LogP) is 2.80. The van der Waals surface area contributed by atoms with Crippen molar-refractivity contribution < 1.29 is 9.53 Å². The SMILES string of the molecule is CCCc1nc(C(=O)Nc2ccc(OC(C)C)cc2)n[nH]1. The van der Waals surface area contributed by atoms with Crippen LogP contribution in [0.4, 0.5) is 5.69 Å². The van der Waals surface area contributed by atoms with E-state index in [0.717, 1.165) is 24.4 Å². The van der Waals surface area contributed by atoms with E-state index in [1.54, 1.807) is 12.1 Å². The maximum absolute atomic E-state index is 12.0. The van der Waals surface area contributed by atoms with Crippen molar-refractivity contribution in [1.82, 2.24) is 15.2 Å². The molecule has 0 aliphatic heterocycles. The van der Waals surface area contributed by atoms with Crippen LogP contribution in [-0.4, -0.2) is 27.2 Å². The highest BCUT2D eigenvalue weighted by molar-refractivity contribution is 6.01. The minimum Gasteiger partial charge on any atom is -0.491 e. The summed E-state index contributed by atoms with van der Waals surface area (Å²) in [4.78, 5) is 16.2. The summed E-state index contributed by atoms with van der Waals surface area (Å²) >= 11 is 0. The van der Waals surface area contributed by atoms with Crippen LogP contribution >= 0.6 is 0 Å². The standard InChI is InChI=1S/C15H20N4O2/c1-4-5-13-17-14(19-18-13)15(20)16-11-6-8-12(9-7-11)21-10(2)3/h6-10H,4-5H2,1-3H3,(H,16,20)(H,17,18,19). The number of amides is 1. The van der Waals surface area contributed by atoms with Crippen LogP contribution in [0.1, 0.15) is 43.6 Å². The molecule has 2 N–H and O–H groups in total. The van der Waals surface area contributed by atoms with Crippen LogP contribution < -0.4 is 10.1 Å². The van der Waals surface area contributed by atoms with E-state index in [0.29, 0.717) is 5.69 Å². The van der Waals surface area contributed by atoms with E-state index < -0.39 is 0 Å². The van der Waals surface area contributed by atoms with Gasteiger partial charge < -0.3 is 10.1 Å². The molecular formula is C15H20N4O2. The van der Waals surface area contributed by atoms with E-state index in [1.807, 2.05) is 32.9 Å². The van der Waals surface area contributed by atoms with Gasteiger partial charge in [-0.05, 0) is 44.5 Å². The molecule has 0 fully saturated rings. The van der Waals surface area contributed by atoms with E-state index in [4.69, 9.17) is 4.74 Å². The topological polar surface area (TPSA) is 79.9 Å². The lowest BCUT2D eigenvalue weighted by molar-refractivity contribution is 0.101. The zero-order valence-electron chi connectivity index (χ0n) is 12.5. The molecular weight excluding hydrogens is 268 g/mol. The Labute approximate surface area is 123 Å². The first-order valence-corrected chi connectivity index (χ1v) is 7.08. The molecule has 0 atom stereocenters. The second-order valence-electron chi connectivity index (χ2n) is 5.00. The van der Waals surface area contributed by atoms with Gasteiger partial charge in [-0.3, -0.25) is 9.89 Å². The van der Waals surface area contributed by atoms with Crippen LogP contribution in [0.25, 0.3) is 0 Å². The Kier molecular flexibility index (Phi) is 4.92. The van der Waals surface area contributed by atoms with Crippen LogP contribution in [0.2, 0.25) is 0 Å². The molecule has 0 aliphatic rings. The Balaban J connectivity index is 1.98. The Morgan fingerprint density at radius 2 is 2.05 bits per heavy atom. The summed E-state index contributed by atoms with van der Waals surface area (Å²) in [6.45, 7) is 5.97. The summed E-state index contributed by atoms with van der Waals surface area (Å²) in [5.41, 5.74) is 0.679. The molecule has 6 nitrogen and oxygen atoms in total. The average molecular weight is 288 g/mol. The van der Waals surface area contributed by atoms with Crippen LogP contribution in [0, 0.1) is 0 Å². The van der Waals surface area contributed by atoms with Crippen LogP contribution in [0.15, 0.2) is 24.3 Å². The number of aromatic nitrogens is 3. The number of hydrogen-bond acceptors (Lipinski definition) is 4. The van der Waals surface area contributed by atoms with Crippen molar-refractivity contribution in [3.63, 3.8) is 0 Å². The normalized spacial score (nSPS) is 10.7. The third-order valence-electron chi connectivity index (χ3n) is 2.71.